The fourth-order valence-corrected chi connectivity index (χ4v) is 1.76. The van der Waals surface area contributed by atoms with Gasteiger partial charge in [-0.1, -0.05) is 0 Å². The molecule has 8 heteroatoms. The number of hydrogen-bond donors (Lipinski definition) is 2. The van der Waals surface area contributed by atoms with Crippen molar-refractivity contribution in [3.05, 3.63) is 22.8 Å². The molecular weight excluding hydrogens is 312 g/mol. The molecule has 7 nitrogen and oxygen atoms in total. The van der Waals surface area contributed by atoms with Crippen LogP contribution in [0.3, 0.4) is 0 Å². The Balaban J connectivity index is 1.86. The number of hydrogen-bond acceptors (Lipinski definition) is 4. The molecule has 0 fully saturated rings. The van der Waals surface area contributed by atoms with Crippen molar-refractivity contribution in [2.45, 2.75) is 0 Å². The lowest BCUT2D eigenvalue weighted by Crippen LogP contribution is -2.37. The Morgan fingerprint density at radius 3 is 2.95 bits per heavy atom. The van der Waals surface area contributed by atoms with Crippen LogP contribution in [0.25, 0.3) is 5.65 Å². The third-order valence-corrected chi connectivity index (χ3v) is 2.85. The van der Waals surface area contributed by atoms with Gasteiger partial charge in [-0.15, -0.1) is 5.10 Å². The van der Waals surface area contributed by atoms with Gasteiger partial charge < -0.3 is 15.5 Å². The van der Waals surface area contributed by atoms with Crippen LogP contribution in [0.1, 0.15) is 0 Å². The van der Waals surface area contributed by atoms with E-state index in [4.69, 9.17) is 0 Å². The molecule has 0 aliphatic carbocycles. The lowest BCUT2D eigenvalue weighted by atomic mass is 10.5. The second-order valence-electron chi connectivity index (χ2n) is 4.14. The van der Waals surface area contributed by atoms with E-state index in [1.165, 1.54) is 4.90 Å². The molecule has 0 radical (unpaired) electrons. The number of halogens is 1. The minimum atomic E-state index is -0.117. The van der Waals surface area contributed by atoms with E-state index < -0.39 is 0 Å². The summed E-state index contributed by atoms with van der Waals surface area (Å²) in [5.41, 5.74) is 0.767. The van der Waals surface area contributed by atoms with E-state index in [0.717, 1.165) is 10.1 Å². The van der Waals surface area contributed by atoms with Gasteiger partial charge in [-0.2, -0.15) is 4.98 Å². The van der Waals surface area contributed by atoms with Crippen molar-refractivity contribution in [3.8, 4) is 0 Å². The number of pyridine rings is 1. The van der Waals surface area contributed by atoms with E-state index in [9.17, 15) is 4.79 Å². The SMILES string of the molecule is CN(C)C(=O)NCCNc1nc2ccc(Br)cn2n1. The topological polar surface area (TPSA) is 74.6 Å². The Morgan fingerprint density at radius 2 is 2.21 bits per heavy atom. The van der Waals surface area contributed by atoms with Crippen molar-refractivity contribution >= 4 is 33.6 Å². The number of nitrogens with zero attached hydrogens (tertiary/aromatic N) is 4. The van der Waals surface area contributed by atoms with Crippen LogP contribution in [-0.2, 0) is 0 Å². The number of aromatic nitrogens is 3. The normalized spacial score (nSPS) is 10.5. The molecule has 19 heavy (non-hydrogen) atoms. The number of carbonyl (C=O) groups is 1. The van der Waals surface area contributed by atoms with E-state index in [1.807, 2.05) is 18.3 Å². The third kappa shape index (κ3) is 3.57. The molecule has 2 rings (SSSR count). The van der Waals surface area contributed by atoms with Crippen molar-refractivity contribution in [2.75, 3.05) is 32.5 Å². The smallest absolute Gasteiger partial charge is 0.316 e. The van der Waals surface area contributed by atoms with Crippen LogP contribution in [0.2, 0.25) is 0 Å². The molecule has 0 saturated heterocycles. The average Bonchev–Trinajstić information content (AvgIpc) is 2.75. The summed E-state index contributed by atoms with van der Waals surface area (Å²) in [6.45, 7) is 1.08. The first-order valence-corrected chi connectivity index (χ1v) is 6.56. The molecule has 0 aliphatic rings. The van der Waals surface area contributed by atoms with Crippen LogP contribution in [0.15, 0.2) is 22.8 Å². The zero-order valence-electron chi connectivity index (χ0n) is 10.7. The number of rotatable bonds is 4. The van der Waals surface area contributed by atoms with Crippen LogP contribution in [-0.4, -0.2) is 52.7 Å². The van der Waals surface area contributed by atoms with Crippen molar-refractivity contribution in [2.24, 2.45) is 0 Å². The number of urea groups is 1. The molecule has 2 heterocycles. The number of carbonyl (C=O) groups excluding carboxylic acids is 1. The Kier molecular flexibility index (Phi) is 4.20. The van der Waals surface area contributed by atoms with Crippen LogP contribution in [0.4, 0.5) is 10.7 Å². The van der Waals surface area contributed by atoms with Gasteiger partial charge in [0.05, 0.1) is 0 Å². The zero-order chi connectivity index (χ0) is 13.8. The van der Waals surface area contributed by atoms with Gasteiger partial charge >= 0.3 is 6.03 Å². The predicted molar refractivity (Wildman–Crippen MR) is 76.3 cm³/mol. The molecular formula is C11H15BrN6O. The summed E-state index contributed by atoms with van der Waals surface area (Å²) < 4.78 is 2.62. The van der Waals surface area contributed by atoms with Gasteiger partial charge in [-0.3, -0.25) is 0 Å². The van der Waals surface area contributed by atoms with Crippen molar-refractivity contribution in [1.29, 1.82) is 0 Å². The van der Waals surface area contributed by atoms with Gasteiger partial charge in [0.1, 0.15) is 0 Å². The molecule has 0 atom stereocenters. The molecule has 0 aliphatic heterocycles. The fourth-order valence-electron chi connectivity index (χ4n) is 1.43. The van der Waals surface area contributed by atoms with Gasteiger partial charge in [0.25, 0.3) is 0 Å². The third-order valence-electron chi connectivity index (χ3n) is 2.39. The van der Waals surface area contributed by atoms with Gasteiger partial charge in [0.15, 0.2) is 5.65 Å². The number of nitrogens with one attached hydrogen (secondary N) is 2. The standard InChI is InChI=1S/C11H15BrN6O/c1-17(2)11(19)14-6-5-13-10-15-9-4-3-8(12)7-18(9)16-10/h3-4,7H,5-6H2,1-2H3,(H,13,16)(H,14,19). The Morgan fingerprint density at radius 1 is 1.42 bits per heavy atom. The zero-order valence-corrected chi connectivity index (χ0v) is 12.3. The van der Waals surface area contributed by atoms with Crippen molar-refractivity contribution in [1.82, 2.24) is 24.8 Å². The average molecular weight is 327 g/mol. The highest BCUT2D eigenvalue weighted by molar-refractivity contribution is 9.10. The summed E-state index contributed by atoms with van der Waals surface area (Å²) in [5, 5.41) is 10.1. The fraction of sp³-hybridized carbons (Fsp3) is 0.364. The van der Waals surface area contributed by atoms with Crippen LogP contribution in [0.5, 0.6) is 0 Å². The summed E-state index contributed by atoms with van der Waals surface area (Å²) in [5.74, 6) is 0.539. The highest BCUT2D eigenvalue weighted by atomic mass is 79.9. The maximum absolute atomic E-state index is 11.3. The second kappa shape index (κ2) is 5.87. The van der Waals surface area contributed by atoms with Crippen LogP contribution >= 0.6 is 15.9 Å². The maximum Gasteiger partial charge on any atom is 0.316 e. The summed E-state index contributed by atoms with van der Waals surface area (Å²) in [6.07, 6.45) is 1.83. The highest BCUT2D eigenvalue weighted by Crippen LogP contribution is 2.11. The molecule has 0 saturated carbocycles. The van der Waals surface area contributed by atoms with Gasteiger partial charge in [0.2, 0.25) is 5.95 Å². The number of anilines is 1. The lowest BCUT2D eigenvalue weighted by molar-refractivity contribution is 0.218. The minimum Gasteiger partial charge on any atom is -0.351 e. The number of fused-ring (bicyclic) bond motifs is 1. The first-order valence-electron chi connectivity index (χ1n) is 5.77. The Bertz CT molecular complexity index is 582. The van der Waals surface area contributed by atoms with E-state index >= 15 is 0 Å². The maximum atomic E-state index is 11.3. The Hall–Kier alpha value is -1.83. The van der Waals surface area contributed by atoms with Crippen LogP contribution < -0.4 is 10.6 Å². The van der Waals surface area contributed by atoms with Crippen molar-refractivity contribution in [3.63, 3.8) is 0 Å². The van der Waals surface area contributed by atoms with E-state index in [2.05, 4.69) is 36.6 Å². The van der Waals surface area contributed by atoms with Crippen molar-refractivity contribution < 1.29 is 4.79 Å². The summed E-state index contributed by atoms with van der Waals surface area (Å²) >= 11 is 3.37. The molecule has 0 bridgehead atoms. The minimum absolute atomic E-state index is 0.117. The largest absolute Gasteiger partial charge is 0.351 e. The first-order chi connectivity index (χ1) is 9.06. The first kappa shape index (κ1) is 13.6. The molecule has 0 spiro atoms. The molecule has 0 aromatic carbocycles. The summed E-state index contributed by atoms with van der Waals surface area (Å²) in [6, 6.07) is 3.66. The quantitative estimate of drug-likeness (QED) is 0.827. The van der Waals surface area contributed by atoms with Gasteiger partial charge in [0, 0.05) is 37.9 Å². The second-order valence-corrected chi connectivity index (χ2v) is 5.05. The number of amides is 2. The highest BCUT2D eigenvalue weighted by Gasteiger charge is 2.04. The molecule has 2 amide bonds. The molecule has 2 N–H and O–H groups in total. The lowest BCUT2D eigenvalue weighted by Gasteiger charge is -2.11. The van der Waals surface area contributed by atoms with Gasteiger partial charge in [-0.25, -0.2) is 9.31 Å². The predicted octanol–water partition coefficient (Wildman–Crippen LogP) is 1.17. The van der Waals surface area contributed by atoms with Crippen LogP contribution in [0, 0.1) is 0 Å². The van der Waals surface area contributed by atoms with E-state index in [1.54, 1.807) is 18.6 Å². The molecule has 102 valence electrons. The molecule has 2 aromatic heterocycles. The van der Waals surface area contributed by atoms with E-state index in [0.29, 0.717) is 19.0 Å². The Labute approximate surface area is 119 Å². The summed E-state index contributed by atoms with van der Waals surface area (Å²) in [4.78, 5) is 17.1. The monoisotopic (exact) mass is 326 g/mol. The van der Waals surface area contributed by atoms with Gasteiger partial charge in [-0.05, 0) is 28.1 Å². The summed E-state index contributed by atoms with van der Waals surface area (Å²) in [7, 11) is 3.40. The molecule has 2 aromatic rings. The molecule has 0 unspecified atom stereocenters. The van der Waals surface area contributed by atoms with E-state index in [-0.39, 0.29) is 6.03 Å².